The van der Waals surface area contributed by atoms with Crippen molar-refractivity contribution in [2.24, 2.45) is 11.7 Å². The number of hydrogen-bond acceptors (Lipinski definition) is 1. The fourth-order valence-corrected chi connectivity index (χ4v) is 1.51. The summed E-state index contributed by atoms with van der Waals surface area (Å²) in [5.41, 5.74) is 7.05. The summed E-state index contributed by atoms with van der Waals surface area (Å²) in [6.45, 7) is 2.91. The third-order valence-electron chi connectivity index (χ3n) is 2.21. The SMILES string of the molecule is CC[CH]C(CN)Cc1ccccc1. The molecule has 1 nitrogen and oxygen atoms in total. The summed E-state index contributed by atoms with van der Waals surface area (Å²) < 4.78 is 0. The second-order valence-electron chi connectivity index (χ2n) is 3.33. The van der Waals surface area contributed by atoms with Crippen LogP contribution in [0, 0.1) is 12.3 Å². The van der Waals surface area contributed by atoms with Crippen LogP contribution in [0.5, 0.6) is 0 Å². The lowest BCUT2D eigenvalue weighted by Crippen LogP contribution is -2.17. The van der Waals surface area contributed by atoms with Crippen molar-refractivity contribution in [2.75, 3.05) is 6.54 Å². The summed E-state index contributed by atoms with van der Waals surface area (Å²) in [6, 6.07) is 10.5. The van der Waals surface area contributed by atoms with Gasteiger partial charge in [-0.2, -0.15) is 0 Å². The Kier molecular flexibility index (Phi) is 4.55. The molecule has 0 aliphatic carbocycles. The van der Waals surface area contributed by atoms with E-state index in [-0.39, 0.29) is 0 Å². The summed E-state index contributed by atoms with van der Waals surface area (Å²) in [5, 5.41) is 0. The molecule has 1 radical (unpaired) electrons. The van der Waals surface area contributed by atoms with Gasteiger partial charge in [-0.05, 0) is 30.9 Å². The minimum absolute atomic E-state index is 0.535. The lowest BCUT2D eigenvalue weighted by Gasteiger charge is -2.12. The fraction of sp³-hybridized carbons (Fsp3) is 0.417. The summed E-state index contributed by atoms with van der Waals surface area (Å²) in [4.78, 5) is 0. The average Bonchev–Trinajstić information content (AvgIpc) is 2.19. The van der Waals surface area contributed by atoms with Gasteiger partial charge in [-0.15, -0.1) is 0 Å². The maximum atomic E-state index is 5.68. The van der Waals surface area contributed by atoms with Crippen molar-refractivity contribution < 1.29 is 0 Å². The van der Waals surface area contributed by atoms with E-state index in [1.165, 1.54) is 5.56 Å². The van der Waals surface area contributed by atoms with Crippen LogP contribution in [0.25, 0.3) is 0 Å². The lowest BCUT2D eigenvalue weighted by atomic mass is 9.95. The minimum Gasteiger partial charge on any atom is -0.330 e. The van der Waals surface area contributed by atoms with Gasteiger partial charge in [0.15, 0.2) is 0 Å². The van der Waals surface area contributed by atoms with Crippen LogP contribution < -0.4 is 5.73 Å². The van der Waals surface area contributed by atoms with Gasteiger partial charge in [-0.3, -0.25) is 0 Å². The molecule has 0 spiro atoms. The number of benzene rings is 1. The second-order valence-corrected chi connectivity index (χ2v) is 3.33. The molecular formula is C12H18N. The highest BCUT2D eigenvalue weighted by Gasteiger charge is 2.05. The smallest absolute Gasteiger partial charge is 0.00429 e. The van der Waals surface area contributed by atoms with Crippen molar-refractivity contribution in [3.63, 3.8) is 0 Å². The third kappa shape index (κ3) is 3.60. The summed E-state index contributed by atoms with van der Waals surface area (Å²) in [7, 11) is 0. The summed E-state index contributed by atoms with van der Waals surface area (Å²) >= 11 is 0. The predicted octanol–water partition coefficient (Wildman–Crippen LogP) is 2.42. The Morgan fingerprint density at radius 2 is 2.00 bits per heavy atom. The Balaban J connectivity index is 2.46. The molecule has 1 atom stereocenters. The predicted molar refractivity (Wildman–Crippen MR) is 57.3 cm³/mol. The highest BCUT2D eigenvalue weighted by Crippen LogP contribution is 2.11. The van der Waals surface area contributed by atoms with Crippen molar-refractivity contribution in [2.45, 2.75) is 19.8 Å². The van der Waals surface area contributed by atoms with Crippen LogP contribution in [0.15, 0.2) is 30.3 Å². The van der Waals surface area contributed by atoms with Crippen molar-refractivity contribution in [1.29, 1.82) is 0 Å². The molecule has 2 N–H and O–H groups in total. The number of nitrogens with two attached hydrogens (primary N) is 1. The minimum atomic E-state index is 0.535. The molecule has 0 amide bonds. The zero-order valence-electron chi connectivity index (χ0n) is 8.24. The first-order chi connectivity index (χ1) is 6.36. The van der Waals surface area contributed by atoms with Gasteiger partial charge in [0.2, 0.25) is 0 Å². The Labute approximate surface area is 81.0 Å². The Morgan fingerprint density at radius 1 is 1.31 bits per heavy atom. The van der Waals surface area contributed by atoms with Gasteiger partial charge < -0.3 is 5.73 Å². The number of hydrogen-bond donors (Lipinski definition) is 1. The van der Waals surface area contributed by atoms with Crippen LogP contribution in [0.3, 0.4) is 0 Å². The first kappa shape index (κ1) is 10.3. The Bertz CT molecular complexity index is 218. The molecule has 1 rings (SSSR count). The zero-order valence-corrected chi connectivity index (χ0v) is 8.24. The van der Waals surface area contributed by atoms with Gasteiger partial charge in [0, 0.05) is 0 Å². The molecular weight excluding hydrogens is 158 g/mol. The molecule has 1 unspecified atom stereocenters. The molecule has 0 heterocycles. The molecule has 0 bridgehead atoms. The average molecular weight is 176 g/mol. The first-order valence-electron chi connectivity index (χ1n) is 4.94. The van der Waals surface area contributed by atoms with Crippen LogP contribution >= 0.6 is 0 Å². The maximum absolute atomic E-state index is 5.68. The highest BCUT2D eigenvalue weighted by molar-refractivity contribution is 5.15. The van der Waals surface area contributed by atoms with Crippen molar-refractivity contribution in [1.82, 2.24) is 0 Å². The quantitative estimate of drug-likeness (QED) is 0.732. The molecule has 0 fully saturated rings. The van der Waals surface area contributed by atoms with Crippen LogP contribution in [-0.2, 0) is 6.42 Å². The van der Waals surface area contributed by atoms with Gasteiger partial charge >= 0.3 is 0 Å². The lowest BCUT2D eigenvalue weighted by molar-refractivity contribution is 0.595. The van der Waals surface area contributed by atoms with Crippen molar-refractivity contribution >= 4 is 0 Å². The largest absolute Gasteiger partial charge is 0.330 e. The third-order valence-corrected chi connectivity index (χ3v) is 2.21. The summed E-state index contributed by atoms with van der Waals surface area (Å²) in [5.74, 6) is 0.535. The van der Waals surface area contributed by atoms with Gasteiger partial charge in [-0.25, -0.2) is 0 Å². The second kappa shape index (κ2) is 5.76. The first-order valence-corrected chi connectivity index (χ1v) is 4.94. The summed E-state index contributed by atoms with van der Waals surface area (Å²) in [6.07, 6.45) is 4.48. The molecule has 71 valence electrons. The highest BCUT2D eigenvalue weighted by atomic mass is 14.5. The van der Waals surface area contributed by atoms with Gasteiger partial charge in [0.25, 0.3) is 0 Å². The molecule has 0 aliphatic heterocycles. The Morgan fingerprint density at radius 3 is 2.54 bits per heavy atom. The van der Waals surface area contributed by atoms with E-state index >= 15 is 0 Å². The van der Waals surface area contributed by atoms with E-state index in [2.05, 4.69) is 37.6 Å². The molecule has 0 saturated heterocycles. The van der Waals surface area contributed by atoms with E-state index < -0.39 is 0 Å². The zero-order chi connectivity index (χ0) is 9.52. The maximum Gasteiger partial charge on any atom is -0.00429 e. The molecule has 0 aromatic heterocycles. The molecule has 1 heteroatoms. The van der Waals surface area contributed by atoms with Crippen LogP contribution in [0.1, 0.15) is 18.9 Å². The number of rotatable bonds is 5. The van der Waals surface area contributed by atoms with E-state index in [1.54, 1.807) is 0 Å². The van der Waals surface area contributed by atoms with E-state index in [0.717, 1.165) is 19.4 Å². The van der Waals surface area contributed by atoms with Gasteiger partial charge in [0.1, 0.15) is 0 Å². The van der Waals surface area contributed by atoms with E-state index in [0.29, 0.717) is 5.92 Å². The molecule has 13 heavy (non-hydrogen) atoms. The van der Waals surface area contributed by atoms with Gasteiger partial charge in [-0.1, -0.05) is 43.7 Å². The van der Waals surface area contributed by atoms with E-state index in [9.17, 15) is 0 Å². The van der Waals surface area contributed by atoms with Gasteiger partial charge in [0.05, 0.1) is 0 Å². The van der Waals surface area contributed by atoms with Crippen molar-refractivity contribution in [3.8, 4) is 0 Å². The standard InChI is InChI=1S/C12H18N/c1-2-6-12(10-13)9-11-7-4-3-5-8-11/h3-8,12H,2,9-10,13H2,1H3. The molecule has 1 aromatic rings. The monoisotopic (exact) mass is 176 g/mol. The normalized spacial score (nSPS) is 12.8. The molecule has 0 aliphatic rings. The molecule has 1 aromatic carbocycles. The fourth-order valence-electron chi connectivity index (χ4n) is 1.51. The Hall–Kier alpha value is -0.820. The van der Waals surface area contributed by atoms with Crippen LogP contribution in [0.2, 0.25) is 0 Å². The van der Waals surface area contributed by atoms with E-state index in [4.69, 9.17) is 5.73 Å². The van der Waals surface area contributed by atoms with Crippen molar-refractivity contribution in [3.05, 3.63) is 42.3 Å². The van der Waals surface area contributed by atoms with E-state index in [1.807, 2.05) is 6.07 Å². The molecule has 0 saturated carbocycles. The van der Waals surface area contributed by atoms with Crippen LogP contribution in [-0.4, -0.2) is 6.54 Å². The van der Waals surface area contributed by atoms with Crippen LogP contribution in [0.4, 0.5) is 0 Å². The topological polar surface area (TPSA) is 26.0 Å².